The Labute approximate surface area is 174 Å². The number of rotatable bonds is 7. The number of unbranched alkanes of at least 4 members (excludes halogenated alkanes) is 1. The van der Waals surface area contributed by atoms with Crippen molar-refractivity contribution < 1.29 is 9.47 Å². The van der Waals surface area contributed by atoms with E-state index in [2.05, 4.69) is 48.8 Å². The summed E-state index contributed by atoms with van der Waals surface area (Å²) in [5.74, 6) is 1.71. The van der Waals surface area contributed by atoms with Gasteiger partial charge in [-0.2, -0.15) is 0 Å². The van der Waals surface area contributed by atoms with Gasteiger partial charge in [-0.15, -0.1) is 0 Å². The Bertz CT molecular complexity index is 1020. The van der Waals surface area contributed by atoms with Crippen molar-refractivity contribution in [3.05, 3.63) is 49.6 Å². The SMILES string of the molecule is CCCCOc1c(OCC)cc(-c2nc3ccccc3c(=O)[nH]2)c(Br)c1Br. The molecule has 0 saturated carbocycles. The smallest absolute Gasteiger partial charge is 0.259 e. The van der Waals surface area contributed by atoms with Crippen molar-refractivity contribution in [3.8, 4) is 22.9 Å². The van der Waals surface area contributed by atoms with Crippen LogP contribution in [-0.4, -0.2) is 23.2 Å². The molecule has 0 atom stereocenters. The lowest BCUT2D eigenvalue weighted by atomic mass is 10.1. The van der Waals surface area contributed by atoms with Gasteiger partial charge in [0.15, 0.2) is 11.5 Å². The Kier molecular flexibility index (Phi) is 6.55. The highest BCUT2D eigenvalue weighted by Gasteiger charge is 2.20. The van der Waals surface area contributed by atoms with Crippen LogP contribution in [0.1, 0.15) is 26.7 Å². The maximum absolute atomic E-state index is 12.4. The van der Waals surface area contributed by atoms with E-state index in [9.17, 15) is 4.79 Å². The minimum atomic E-state index is -0.181. The van der Waals surface area contributed by atoms with Crippen LogP contribution in [0.5, 0.6) is 11.5 Å². The number of benzene rings is 2. The van der Waals surface area contributed by atoms with Crippen molar-refractivity contribution in [3.63, 3.8) is 0 Å². The molecule has 0 amide bonds. The first-order chi connectivity index (χ1) is 13.1. The number of aromatic amines is 1. The van der Waals surface area contributed by atoms with E-state index in [1.807, 2.05) is 31.2 Å². The van der Waals surface area contributed by atoms with Crippen LogP contribution in [0.2, 0.25) is 0 Å². The summed E-state index contributed by atoms with van der Waals surface area (Å²) in [5, 5.41) is 0.556. The molecule has 0 aliphatic rings. The van der Waals surface area contributed by atoms with Gasteiger partial charge in [0.05, 0.1) is 28.6 Å². The Hall–Kier alpha value is -1.86. The van der Waals surface area contributed by atoms with Gasteiger partial charge in [-0.3, -0.25) is 4.79 Å². The number of H-pyrrole nitrogens is 1. The predicted octanol–water partition coefficient (Wildman–Crippen LogP) is 5.69. The summed E-state index contributed by atoms with van der Waals surface area (Å²) in [4.78, 5) is 19.9. The molecule has 0 saturated heterocycles. The Morgan fingerprint density at radius 3 is 2.63 bits per heavy atom. The van der Waals surface area contributed by atoms with Crippen LogP contribution >= 0.6 is 31.9 Å². The molecule has 27 heavy (non-hydrogen) atoms. The van der Waals surface area contributed by atoms with Gasteiger partial charge < -0.3 is 14.5 Å². The predicted molar refractivity (Wildman–Crippen MR) is 115 cm³/mol. The van der Waals surface area contributed by atoms with Crippen LogP contribution in [0, 0.1) is 0 Å². The molecule has 0 radical (unpaired) electrons. The summed E-state index contributed by atoms with van der Waals surface area (Å²) in [6.07, 6.45) is 2.00. The van der Waals surface area contributed by atoms with Crippen molar-refractivity contribution in [2.75, 3.05) is 13.2 Å². The van der Waals surface area contributed by atoms with E-state index < -0.39 is 0 Å². The number of aromatic nitrogens is 2. The second-order valence-corrected chi connectivity index (χ2v) is 7.53. The zero-order chi connectivity index (χ0) is 19.4. The van der Waals surface area contributed by atoms with Crippen LogP contribution in [0.25, 0.3) is 22.3 Å². The molecule has 0 aliphatic heterocycles. The molecule has 142 valence electrons. The van der Waals surface area contributed by atoms with E-state index in [1.165, 1.54) is 0 Å². The molecule has 3 aromatic rings. The zero-order valence-electron chi connectivity index (χ0n) is 15.1. The number of nitrogens with one attached hydrogen (secondary N) is 1. The molecule has 0 bridgehead atoms. The summed E-state index contributed by atoms with van der Waals surface area (Å²) in [6, 6.07) is 9.10. The van der Waals surface area contributed by atoms with Crippen molar-refractivity contribution >= 4 is 42.8 Å². The van der Waals surface area contributed by atoms with Gasteiger partial charge in [0.2, 0.25) is 0 Å². The van der Waals surface area contributed by atoms with Crippen molar-refractivity contribution in [2.24, 2.45) is 0 Å². The number of hydrogen-bond acceptors (Lipinski definition) is 4. The first-order valence-electron chi connectivity index (χ1n) is 8.83. The second kappa shape index (κ2) is 8.89. The Morgan fingerprint density at radius 2 is 1.89 bits per heavy atom. The van der Waals surface area contributed by atoms with Gasteiger partial charge in [0.25, 0.3) is 5.56 Å². The highest BCUT2D eigenvalue weighted by molar-refractivity contribution is 9.13. The van der Waals surface area contributed by atoms with Crippen LogP contribution in [-0.2, 0) is 0 Å². The number of nitrogens with zero attached hydrogens (tertiary/aromatic N) is 1. The molecule has 2 aromatic carbocycles. The summed E-state index contributed by atoms with van der Waals surface area (Å²) < 4.78 is 13.2. The quantitative estimate of drug-likeness (QED) is 0.427. The summed E-state index contributed by atoms with van der Waals surface area (Å²) in [6.45, 7) is 5.13. The van der Waals surface area contributed by atoms with Gasteiger partial charge in [0, 0.05) is 10.0 Å². The normalized spacial score (nSPS) is 11.0. The molecule has 0 fully saturated rings. The van der Waals surface area contributed by atoms with Gasteiger partial charge in [-0.1, -0.05) is 25.5 Å². The first kappa shape index (κ1) is 19.9. The molecule has 0 aliphatic carbocycles. The Balaban J connectivity index is 2.14. The topological polar surface area (TPSA) is 64.2 Å². The molecule has 0 spiro atoms. The average molecular weight is 496 g/mol. The zero-order valence-corrected chi connectivity index (χ0v) is 18.3. The first-order valence-corrected chi connectivity index (χ1v) is 10.4. The van der Waals surface area contributed by atoms with Crippen molar-refractivity contribution in [2.45, 2.75) is 26.7 Å². The fourth-order valence-electron chi connectivity index (χ4n) is 2.69. The monoisotopic (exact) mass is 494 g/mol. The van der Waals surface area contributed by atoms with Gasteiger partial charge in [0.1, 0.15) is 5.82 Å². The minimum Gasteiger partial charge on any atom is -0.490 e. The van der Waals surface area contributed by atoms with Gasteiger partial charge in [-0.05, 0) is 63.4 Å². The lowest BCUT2D eigenvalue weighted by molar-refractivity contribution is 0.271. The number of hydrogen-bond donors (Lipinski definition) is 1. The average Bonchev–Trinajstić information content (AvgIpc) is 2.67. The van der Waals surface area contributed by atoms with Crippen LogP contribution in [0.4, 0.5) is 0 Å². The number of fused-ring (bicyclic) bond motifs is 1. The van der Waals surface area contributed by atoms with E-state index in [0.717, 1.165) is 27.4 Å². The Morgan fingerprint density at radius 1 is 1.11 bits per heavy atom. The van der Waals surface area contributed by atoms with Crippen LogP contribution in [0.15, 0.2) is 44.1 Å². The molecule has 1 N–H and O–H groups in total. The van der Waals surface area contributed by atoms with E-state index >= 15 is 0 Å². The third kappa shape index (κ3) is 4.19. The van der Waals surface area contributed by atoms with Crippen LogP contribution < -0.4 is 15.0 Å². The third-order valence-electron chi connectivity index (χ3n) is 4.04. The highest BCUT2D eigenvalue weighted by atomic mass is 79.9. The number of ether oxygens (including phenoxy) is 2. The summed E-state index contributed by atoms with van der Waals surface area (Å²) in [7, 11) is 0. The highest BCUT2D eigenvalue weighted by Crippen LogP contribution is 2.45. The molecule has 0 unspecified atom stereocenters. The molecule has 1 aromatic heterocycles. The molecule has 3 rings (SSSR count). The van der Waals surface area contributed by atoms with E-state index in [4.69, 9.17) is 9.47 Å². The van der Waals surface area contributed by atoms with Crippen LogP contribution in [0.3, 0.4) is 0 Å². The molecule has 1 heterocycles. The summed E-state index contributed by atoms with van der Waals surface area (Å²) in [5.41, 5.74) is 1.18. The maximum Gasteiger partial charge on any atom is 0.259 e. The molecule has 7 heteroatoms. The standard InChI is InChI=1S/C20H20Br2N2O3/c1-3-5-10-27-18-15(26-4-2)11-13(16(21)17(18)22)19-23-14-9-7-6-8-12(14)20(25)24-19/h6-9,11H,3-5,10H2,1-2H3,(H,23,24,25). The van der Waals surface area contributed by atoms with Gasteiger partial charge >= 0.3 is 0 Å². The molecular formula is C20H20Br2N2O3. The molecule has 5 nitrogen and oxygen atoms in total. The minimum absolute atomic E-state index is 0.181. The fraction of sp³-hybridized carbons (Fsp3) is 0.300. The number of para-hydroxylation sites is 1. The van der Waals surface area contributed by atoms with E-state index in [1.54, 1.807) is 6.07 Å². The van der Waals surface area contributed by atoms with Crippen molar-refractivity contribution in [1.29, 1.82) is 0 Å². The number of halogens is 2. The maximum atomic E-state index is 12.4. The summed E-state index contributed by atoms with van der Waals surface area (Å²) >= 11 is 7.20. The van der Waals surface area contributed by atoms with E-state index in [-0.39, 0.29) is 5.56 Å². The fourth-order valence-corrected chi connectivity index (χ4v) is 3.69. The lowest BCUT2D eigenvalue weighted by Gasteiger charge is -2.17. The second-order valence-electron chi connectivity index (χ2n) is 5.95. The molecular weight excluding hydrogens is 476 g/mol. The van der Waals surface area contributed by atoms with Crippen molar-refractivity contribution in [1.82, 2.24) is 9.97 Å². The van der Waals surface area contributed by atoms with E-state index in [0.29, 0.717) is 41.4 Å². The third-order valence-corrected chi connectivity index (χ3v) is 6.15. The lowest BCUT2D eigenvalue weighted by Crippen LogP contribution is -2.10. The van der Waals surface area contributed by atoms with Gasteiger partial charge in [-0.25, -0.2) is 4.98 Å². The largest absolute Gasteiger partial charge is 0.490 e.